The summed E-state index contributed by atoms with van der Waals surface area (Å²) in [6, 6.07) is 8.37. The molecule has 0 heterocycles. The van der Waals surface area contributed by atoms with Gasteiger partial charge in [0.2, 0.25) is 0 Å². The van der Waals surface area contributed by atoms with Gasteiger partial charge in [-0.3, -0.25) is 10.1 Å². The second-order valence-corrected chi connectivity index (χ2v) is 5.19. The van der Waals surface area contributed by atoms with Gasteiger partial charge in [0.25, 0.3) is 5.69 Å². The molecule has 0 saturated heterocycles. The van der Waals surface area contributed by atoms with Crippen LogP contribution in [0.15, 0.2) is 40.9 Å². The highest BCUT2D eigenvalue weighted by atomic mass is 79.9. The maximum Gasteiger partial charge on any atom is 0.276 e. The highest BCUT2D eigenvalue weighted by molar-refractivity contribution is 9.10. The first kappa shape index (κ1) is 14.7. The van der Waals surface area contributed by atoms with Crippen molar-refractivity contribution in [2.24, 2.45) is 0 Å². The number of hydrogen-bond acceptors (Lipinski definition) is 3. The van der Waals surface area contributed by atoms with Crippen molar-refractivity contribution < 1.29 is 14.1 Å². The Labute approximate surface area is 127 Å². The zero-order valence-electron chi connectivity index (χ0n) is 9.98. The van der Waals surface area contributed by atoms with Crippen LogP contribution in [0.3, 0.4) is 0 Å². The molecule has 0 N–H and O–H groups in total. The molecule has 0 bridgehead atoms. The van der Waals surface area contributed by atoms with E-state index in [1.54, 1.807) is 0 Å². The van der Waals surface area contributed by atoms with Crippen LogP contribution < -0.4 is 4.74 Å². The van der Waals surface area contributed by atoms with Crippen LogP contribution >= 0.6 is 27.5 Å². The Morgan fingerprint density at radius 1 is 1.30 bits per heavy atom. The predicted molar refractivity (Wildman–Crippen MR) is 76.5 cm³/mol. The molecule has 0 atom stereocenters. The third-order valence-corrected chi connectivity index (χ3v) is 3.37. The topological polar surface area (TPSA) is 52.4 Å². The van der Waals surface area contributed by atoms with E-state index >= 15 is 0 Å². The molecular weight excluding hydrogens is 353 g/mol. The molecule has 0 amide bonds. The van der Waals surface area contributed by atoms with Gasteiger partial charge >= 0.3 is 0 Å². The first-order valence-electron chi connectivity index (χ1n) is 5.48. The summed E-state index contributed by atoms with van der Waals surface area (Å²) >= 11 is 8.85. The van der Waals surface area contributed by atoms with Crippen molar-refractivity contribution in [1.29, 1.82) is 0 Å². The average molecular weight is 361 g/mol. The van der Waals surface area contributed by atoms with E-state index in [2.05, 4.69) is 15.9 Å². The lowest BCUT2D eigenvalue weighted by Crippen LogP contribution is -2.00. The van der Waals surface area contributed by atoms with Crippen molar-refractivity contribution in [3.63, 3.8) is 0 Å². The van der Waals surface area contributed by atoms with Crippen LogP contribution in [0.5, 0.6) is 5.75 Å². The van der Waals surface area contributed by atoms with Crippen LogP contribution in [-0.2, 0) is 6.61 Å². The number of halogens is 3. The van der Waals surface area contributed by atoms with E-state index in [0.29, 0.717) is 16.3 Å². The van der Waals surface area contributed by atoms with Crippen molar-refractivity contribution in [2.75, 3.05) is 0 Å². The maximum absolute atomic E-state index is 13.1. The van der Waals surface area contributed by atoms with Crippen molar-refractivity contribution in [3.8, 4) is 5.75 Å². The smallest absolute Gasteiger partial charge is 0.276 e. The first-order chi connectivity index (χ1) is 9.47. The van der Waals surface area contributed by atoms with Gasteiger partial charge in [-0.1, -0.05) is 11.6 Å². The molecule has 0 aliphatic carbocycles. The van der Waals surface area contributed by atoms with Crippen LogP contribution in [0, 0.1) is 15.9 Å². The van der Waals surface area contributed by atoms with Crippen LogP contribution in [0.4, 0.5) is 10.1 Å². The summed E-state index contributed by atoms with van der Waals surface area (Å²) in [5.41, 5.74) is 0.276. The van der Waals surface area contributed by atoms with Crippen molar-refractivity contribution >= 4 is 33.2 Å². The fourth-order valence-corrected chi connectivity index (χ4v) is 2.13. The summed E-state index contributed by atoms with van der Waals surface area (Å²) in [6.07, 6.45) is 0. The molecule has 0 spiro atoms. The fourth-order valence-electron chi connectivity index (χ4n) is 1.58. The monoisotopic (exact) mass is 359 g/mol. The second kappa shape index (κ2) is 6.19. The molecule has 104 valence electrons. The summed E-state index contributed by atoms with van der Waals surface area (Å²) in [6.45, 7) is -0.0328. The zero-order chi connectivity index (χ0) is 14.7. The number of rotatable bonds is 4. The van der Waals surface area contributed by atoms with Gasteiger partial charge in [-0.2, -0.15) is 0 Å². The second-order valence-electron chi connectivity index (χ2n) is 3.89. The molecule has 0 saturated carbocycles. The summed E-state index contributed by atoms with van der Waals surface area (Å²) in [5.74, 6) is -0.0152. The minimum absolute atomic E-state index is 0.0328. The third-order valence-electron chi connectivity index (χ3n) is 2.52. The Balaban J connectivity index is 2.20. The number of hydrogen-bond donors (Lipinski definition) is 0. The minimum Gasteiger partial charge on any atom is -0.489 e. The van der Waals surface area contributed by atoms with E-state index in [-0.39, 0.29) is 16.8 Å². The van der Waals surface area contributed by atoms with Gasteiger partial charge < -0.3 is 4.74 Å². The SMILES string of the molecule is O=[N+]([O-])c1ccc(Cl)cc1COc1ccc(F)c(Br)c1. The Morgan fingerprint density at radius 3 is 2.70 bits per heavy atom. The highest BCUT2D eigenvalue weighted by Crippen LogP contribution is 2.26. The van der Waals surface area contributed by atoms with Crippen molar-refractivity contribution in [2.45, 2.75) is 6.61 Å². The van der Waals surface area contributed by atoms with Crippen LogP contribution in [0.25, 0.3) is 0 Å². The lowest BCUT2D eigenvalue weighted by atomic mass is 10.2. The van der Waals surface area contributed by atoms with Crippen LogP contribution in [-0.4, -0.2) is 4.92 Å². The molecular formula is C13H8BrClFNO3. The van der Waals surface area contributed by atoms with Crippen molar-refractivity contribution in [3.05, 3.63) is 67.4 Å². The molecule has 0 aromatic heterocycles. The normalized spacial score (nSPS) is 10.3. The Hall–Kier alpha value is -1.66. The largest absolute Gasteiger partial charge is 0.489 e. The quantitative estimate of drug-likeness (QED) is 0.585. The van der Waals surface area contributed by atoms with Crippen LogP contribution in [0.2, 0.25) is 5.02 Å². The van der Waals surface area contributed by atoms with Gasteiger partial charge in [0.15, 0.2) is 0 Å². The van der Waals surface area contributed by atoms with Gasteiger partial charge in [-0.25, -0.2) is 4.39 Å². The van der Waals surface area contributed by atoms with Crippen LogP contribution in [0.1, 0.15) is 5.56 Å². The van der Waals surface area contributed by atoms with Gasteiger partial charge in [-0.05, 0) is 46.3 Å². The summed E-state index contributed by atoms with van der Waals surface area (Å²) < 4.78 is 18.7. The number of nitrogens with zero attached hydrogens (tertiary/aromatic N) is 1. The molecule has 7 heteroatoms. The first-order valence-corrected chi connectivity index (χ1v) is 6.65. The molecule has 4 nitrogen and oxygen atoms in total. The zero-order valence-corrected chi connectivity index (χ0v) is 12.3. The molecule has 0 unspecified atom stereocenters. The van der Waals surface area contributed by atoms with Crippen molar-refractivity contribution in [1.82, 2.24) is 0 Å². The number of nitro groups is 1. The molecule has 0 aliphatic rings. The summed E-state index contributed by atoms with van der Waals surface area (Å²) in [7, 11) is 0. The Kier molecular flexibility index (Phi) is 4.57. The lowest BCUT2D eigenvalue weighted by molar-refractivity contribution is -0.385. The fraction of sp³-hybridized carbons (Fsp3) is 0.0769. The number of benzene rings is 2. The van der Waals surface area contributed by atoms with Gasteiger partial charge in [-0.15, -0.1) is 0 Å². The minimum atomic E-state index is -0.504. The standard InChI is InChI=1S/C13H8BrClFNO3/c14-11-6-10(2-3-12(11)16)20-7-8-5-9(15)1-4-13(8)17(18)19/h1-6H,7H2. The van der Waals surface area contributed by atoms with E-state index in [4.69, 9.17) is 16.3 Å². The number of ether oxygens (including phenoxy) is 1. The summed E-state index contributed by atoms with van der Waals surface area (Å²) in [4.78, 5) is 10.4. The van der Waals surface area contributed by atoms with Gasteiger partial charge in [0.1, 0.15) is 18.2 Å². The molecule has 2 aromatic rings. The molecule has 20 heavy (non-hydrogen) atoms. The van der Waals surface area contributed by atoms with E-state index < -0.39 is 10.7 Å². The summed E-state index contributed by atoms with van der Waals surface area (Å²) in [5, 5.41) is 11.3. The molecule has 0 aliphatic heterocycles. The van der Waals surface area contributed by atoms with E-state index in [1.165, 1.54) is 36.4 Å². The number of nitro benzene ring substituents is 1. The van der Waals surface area contributed by atoms with E-state index in [9.17, 15) is 14.5 Å². The molecule has 0 radical (unpaired) electrons. The Morgan fingerprint density at radius 2 is 2.05 bits per heavy atom. The van der Waals surface area contributed by atoms with E-state index in [1.807, 2.05) is 0 Å². The molecule has 2 rings (SSSR count). The highest BCUT2D eigenvalue weighted by Gasteiger charge is 2.14. The third kappa shape index (κ3) is 3.46. The lowest BCUT2D eigenvalue weighted by Gasteiger charge is -2.08. The van der Waals surface area contributed by atoms with Gasteiger partial charge in [0, 0.05) is 11.1 Å². The average Bonchev–Trinajstić information content (AvgIpc) is 2.40. The maximum atomic E-state index is 13.1. The van der Waals surface area contributed by atoms with E-state index in [0.717, 1.165) is 0 Å². The molecule has 0 fully saturated rings. The Bertz CT molecular complexity index is 666. The predicted octanol–water partition coefficient (Wildman–Crippen LogP) is 4.73. The molecule has 2 aromatic carbocycles. The van der Waals surface area contributed by atoms with Gasteiger partial charge in [0.05, 0.1) is 15.0 Å².